The summed E-state index contributed by atoms with van der Waals surface area (Å²) in [6.07, 6.45) is 0.979. The van der Waals surface area contributed by atoms with Crippen LogP contribution in [0.2, 0.25) is 0 Å². The van der Waals surface area contributed by atoms with Gasteiger partial charge >= 0.3 is 0 Å². The molecule has 130 valence electrons. The van der Waals surface area contributed by atoms with Gasteiger partial charge in [0.25, 0.3) is 10.2 Å². The third kappa shape index (κ3) is 3.63. The van der Waals surface area contributed by atoms with Gasteiger partial charge in [0.15, 0.2) is 0 Å². The van der Waals surface area contributed by atoms with Gasteiger partial charge in [0.2, 0.25) is 0 Å². The van der Waals surface area contributed by atoms with Gasteiger partial charge in [-0.1, -0.05) is 6.92 Å². The van der Waals surface area contributed by atoms with Crippen LogP contribution < -0.4 is 0 Å². The van der Waals surface area contributed by atoms with Gasteiger partial charge in [-0.15, -0.1) is 0 Å². The Balaban J connectivity index is 1.66. The number of nitrogens with zero attached hydrogens (tertiary/aromatic N) is 2. The summed E-state index contributed by atoms with van der Waals surface area (Å²) >= 11 is 0. The second kappa shape index (κ2) is 6.20. The molecule has 0 bridgehead atoms. The summed E-state index contributed by atoms with van der Waals surface area (Å²) in [6, 6.07) is 3.86. The minimum Gasteiger partial charge on any atom is -0.464 e. The van der Waals surface area contributed by atoms with Crippen molar-refractivity contribution in [1.82, 2.24) is 8.61 Å². The molecule has 6 nitrogen and oxygen atoms in total. The molecule has 3 rings (SSSR count). The minimum absolute atomic E-state index is 0.0894. The third-order valence-electron chi connectivity index (χ3n) is 4.64. The molecule has 1 aromatic heterocycles. The molecule has 4 unspecified atom stereocenters. The highest BCUT2D eigenvalue weighted by molar-refractivity contribution is 7.86. The van der Waals surface area contributed by atoms with E-state index >= 15 is 0 Å². The Hall–Kier alpha value is -0.890. The maximum atomic E-state index is 12.7. The molecule has 1 saturated heterocycles. The van der Waals surface area contributed by atoms with E-state index in [1.54, 1.807) is 7.05 Å². The van der Waals surface area contributed by atoms with Gasteiger partial charge in [-0.25, -0.2) is 0 Å². The smallest absolute Gasteiger partial charge is 0.282 e. The van der Waals surface area contributed by atoms with Crippen molar-refractivity contribution in [2.75, 3.05) is 20.1 Å². The standard InChI is InChI=1S/C16H26N2O4S/c1-11-7-15(11)16-6-5-14(22-16)10-17(4)23(19,20)18-8-12(2)21-13(3)9-18/h5-6,11-13,15H,7-10H2,1-4H3. The maximum Gasteiger partial charge on any atom is 0.282 e. The summed E-state index contributed by atoms with van der Waals surface area (Å²) in [6.45, 7) is 7.02. The molecule has 2 aliphatic rings. The molecule has 2 heterocycles. The number of hydrogen-bond donors (Lipinski definition) is 0. The minimum atomic E-state index is -3.51. The number of rotatable bonds is 5. The van der Waals surface area contributed by atoms with E-state index in [4.69, 9.17) is 9.15 Å². The van der Waals surface area contributed by atoms with Crippen LogP contribution in [0, 0.1) is 5.92 Å². The highest BCUT2D eigenvalue weighted by Crippen LogP contribution is 2.47. The molecule has 23 heavy (non-hydrogen) atoms. The molecule has 0 N–H and O–H groups in total. The van der Waals surface area contributed by atoms with Crippen molar-refractivity contribution in [3.8, 4) is 0 Å². The van der Waals surface area contributed by atoms with Crippen molar-refractivity contribution in [3.05, 3.63) is 23.7 Å². The Bertz CT molecular complexity index is 647. The SMILES string of the molecule is CC1CN(S(=O)(=O)N(C)Cc2ccc(C3CC3C)o2)CC(C)O1. The lowest BCUT2D eigenvalue weighted by molar-refractivity contribution is -0.0453. The number of ether oxygens (including phenoxy) is 1. The average Bonchev–Trinajstić information content (AvgIpc) is 3.01. The molecule has 1 aliphatic heterocycles. The molecule has 7 heteroatoms. The number of morpholine rings is 1. The van der Waals surface area contributed by atoms with Crippen LogP contribution in [0.1, 0.15) is 44.6 Å². The van der Waals surface area contributed by atoms with E-state index in [-0.39, 0.29) is 18.8 Å². The highest BCUT2D eigenvalue weighted by Gasteiger charge is 2.37. The summed E-state index contributed by atoms with van der Waals surface area (Å²) in [5.41, 5.74) is 0. The van der Waals surface area contributed by atoms with E-state index in [0.717, 1.165) is 12.2 Å². The van der Waals surface area contributed by atoms with Crippen LogP contribution in [0.4, 0.5) is 0 Å². The molecular formula is C16H26N2O4S. The molecule has 1 saturated carbocycles. The van der Waals surface area contributed by atoms with Gasteiger partial charge in [0.05, 0.1) is 18.8 Å². The van der Waals surface area contributed by atoms with Crippen LogP contribution in [0.15, 0.2) is 16.5 Å². The highest BCUT2D eigenvalue weighted by atomic mass is 32.2. The summed E-state index contributed by atoms with van der Waals surface area (Å²) in [5.74, 6) is 2.85. The zero-order valence-corrected chi connectivity index (χ0v) is 15.0. The largest absolute Gasteiger partial charge is 0.464 e. The Morgan fingerprint density at radius 2 is 1.83 bits per heavy atom. The Morgan fingerprint density at radius 3 is 2.39 bits per heavy atom. The van der Waals surface area contributed by atoms with Crippen LogP contribution >= 0.6 is 0 Å². The molecular weight excluding hydrogens is 316 g/mol. The number of hydrogen-bond acceptors (Lipinski definition) is 4. The maximum absolute atomic E-state index is 12.7. The van der Waals surface area contributed by atoms with Crippen LogP contribution in [0.3, 0.4) is 0 Å². The van der Waals surface area contributed by atoms with Crippen LogP contribution in [0.25, 0.3) is 0 Å². The predicted octanol–water partition coefficient (Wildman–Crippen LogP) is 2.19. The summed E-state index contributed by atoms with van der Waals surface area (Å²) in [5, 5.41) is 0. The van der Waals surface area contributed by atoms with Gasteiger partial charge in [-0.2, -0.15) is 17.0 Å². The zero-order chi connectivity index (χ0) is 16.8. The monoisotopic (exact) mass is 342 g/mol. The van der Waals surface area contributed by atoms with E-state index in [9.17, 15) is 8.42 Å². The lowest BCUT2D eigenvalue weighted by atomic mass is 10.3. The lowest BCUT2D eigenvalue weighted by Gasteiger charge is -2.36. The molecule has 0 radical (unpaired) electrons. The molecule has 0 spiro atoms. The second-order valence-corrected chi connectivity index (χ2v) is 9.00. The van der Waals surface area contributed by atoms with Gasteiger partial charge < -0.3 is 9.15 Å². The Kier molecular flexibility index (Phi) is 4.57. The molecule has 1 aliphatic carbocycles. The van der Waals surface area contributed by atoms with E-state index < -0.39 is 10.2 Å². The van der Waals surface area contributed by atoms with Crippen LogP contribution in [-0.2, 0) is 21.5 Å². The quantitative estimate of drug-likeness (QED) is 0.823. The molecule has 1 aromatic rings. The van der Waals surface area contributed by atoms with Crippen LogP contribution in [0.5, 0.6) is 0 Å². The third-order valence-corrected chi connectivity index (χ3v) is 6.51. The second-order valence-electron chi connectivity index (χ2n) is 6.96. The molecule has 4 atom stereocenters. The van der Waals surface area contributed by atoms with Crippen molar-refractivity contribution < 1.29 is 17.6 Å². The van der Waals surface area contributed by atoms with Crippen molar-refractivity contribution in [2.45, 2.75) is 51.9 Å². The van der Waals surface area contributed by atoms with Crippen molar-refractivity contribution in [2.24, 2.45) is 5.92 Å². The van der Waals surface area contributed by atoms with Gasteiger partial charge in [-0.05, 0) is 38.3 Å². The lowest BCUT2D eigenvalue weighted by Crippen LogP contribution is -2.52. The summed E-state index contributed by atoms with van der Waals surface area (Å²) in [4.78, 5) is 0. The summed E-state index contributed by atoms with van der Waals surface area (Å²) < 4.78 is 39.8. The first kappa shape index (κ1) is 17.0. The first-order valence-electron chi connectivity index (χ1n) is 8.23. The fourth-order valence-corrected chi connectivity index (χ4v) is 4.70. The first-order chi connectivity index (χ1) is 10.8. The normalized spacial score (nSPS) is 32.4. The molecule has 0 aromatic carbocycles. The van der Waals surface area contributed by atoms with Gasteiger partial charge in [0, 0.05) is 26.1 Å². The summed E-state index contributed by atoms with van der Waals surface area (Å²) in [7, 11) is -1.91. The fourth-order valence-electron chi connectivity index (χ4n) is 3.21. The van der Waals surface area contributed by atoms with E-state index in [0.29, 0.717) is 30.7 Å². The topological polar surface area (TPSA) is 63.0 Å². The Morgan fingerprint density at radius 1 is 1.22 bits per heavy atom. The fraction of sp³-hybridized carbons (Fsp3) is 0.750. The van der Waals surface area contributed by atoms with Gasteiger partial charge in [-0.3, -0.25) is 0 Å². The van der Waals surface area contributed by atoms with E-state index in [2.05, 4.69) is 6.92 Å². The Labute approximate surface area is 138 Å². The van der Waals surface area contributed by atoms with Crippen molar-refractivity contribution >= 4 is 10.2 Å². The van der Waals surface area contributed by atoms with E-state index in [1.807, 2.05) is 26.0 Å². The molecule has 0 amide bonds. The van der Waals surface area contributed by atoms with Crippen LogP contribution in [-0.4, -0.2) is 49.4 Å². The van der Waals surface area contributed by atoms with E-state index in [1.165, 1.54) is 8.61 Å². The zero-order valence-electron chi connectivity index (χ0n) is 14.2. The molecule has 2 fully saturated rings. The van der Waals surface area contributed by atoms with Gasteiger partial charge in [0.1, 0.15) is 11.5 Å². The average molecular weight is 342 g/mol. The van der Waals surface area contributed by atoms with Crippen molar-refractivity contribution in [3.63, 3.8) is 0 Å². The number of furan rings is 1. The van der Waals surface area contributed by atoms with Crippen molar-refractivity contribution in [1.29, 1.82) is 0 Å². The predicted molar refractivity (Wildman–Crippen MR) is 87.2 cm³/mol. The first-order valence-corrected chi connectivity index (χ1v) is 9.62.